The van der Waals surface area contributed by atoms with Gasteiger partial charge in [-0.05, 0) is 16.2 Å². The summed E-state index contributed by atoms with van der Waals surface area (Å²) in [6.45, 7) is 3.84. The Kier molecular flexibility index (Phi) is 4.03. The largest absolute Gasteiger partial charge is 0.546 e. The van der Waals surface area contributed by atoms with Crippen LogP contribution in [0.3, 0.4) is 0 Å². The van der Waals surface area contributed by atoms with E-state index in [9.17, 15) is 9.46 Å². The maximum Gasteiger partial charge on any atom is 0.546 e. The number of hydrogen-bond acceptors (Lipinski definition) is 1. The highest BCUT2D eigenvalue weighted by molar-refractivity contribution is 7.47. The second-order valence-electron chi connectivity index (χ2n) is 3.96. The first-order valence-corrected chi connectivity index (χ1v) is 6.88. The van der Waals surface area contributed by atoms with Gasteiger partial charge in [0, 0.05) is 11.5 Å². The van der Waals surface area contributed by atoms with E-state index in [1.807, 2.05) is 42.5 Å². The molecule has 1 N–H and O–H groups in total. The lowest BCUT2D eigenvalue weighted by Crippen LogP contribution is -2.10. The third kappa shape index (κ3) is 2.56. The molecule has 0 amide bonds. The molecule has 2 rings (SSSR count). The average Bonchev–Trinajstić information content (AvgIpc) is 2.41. The molecular formula is C15H14O2P+. The van der Waals surface area contributed by atoms with E-state index in [1.165, 1.54) is 0 Å². The van der Waals surface area contributed by atoms with Crippen molar-refractivity contribution >= 4 is 13.3 Å². The first-order valence-electron chi connectivity index (χ1n) is 5.66. The predicted octanol–water partition coefficient (Wildman–Crippen LogP) is 3.36. The van der Waals surface area contributed by atoms with Crippen molar-refractivity contribution in [2.75, 3.05) is 0 Å². The van der Waals surface area contributed by atoms with Crippen LogP contribution < -0.4 is 5.30 Å². The van der Waals surface area contributed by atoms with Gasteiger partial charge in [0.05, 0.1) is 0 Å². The van der Waals surface area contributed by atoms with Gasteiger partial charge in [0.25, 0.3) is 0 Å². The summed E-state index contributed by atoms with van der Waals surface area (Å²) in [7, 11) is -2.34. The first kappa shape index (κ1) is 12.7. The average molecular weight is 257 g/mol. The van der Waals surface area contributed by atoms with Gasteiger partial charge < -0.3 is 0 Å². The molecule has 0 aromatic heterocycles. The summed E-state index contributed by atoms with van der Waals surface area (Å²) in [6.07, 6.45) is 1.80. The normalized spacial score (nSPS) is 12.8. The van der Waals surface area contributed by atoms with Crippen molar-refractivity contribution in [3.05, 3.63) is 78.4 Å². The molecule has 3 heteroatoms. The molecule has 0 aliphatic carbocycles. The van der Waals surface area contributed by atoms with Gasteiger partial charge in [-0.1, -0.05) is 54.6 Å². The first-order chi connectivity index (χ1) is 8.74. The summed E-state index contributed by atoms with van der Waals surface area (Å²) < 4.78 is 11.4. The molecule has 90 valence electrons. The van der Waals surface area contributed by atoms with Crippen LogP contribution in [-0.4, -0.2) is 4.89 Å². The fraction of sp³-hybridized carbons (Fsp3) is 0.0667. The van der Waals surface area contributed by atoms with Gasteiger partial charge >= 0.3 is 8.03 Å². The molecule has 2 atom stereocenters. The van der Waals surface area contributed by atoms with Crippen molar-refractivity contribution in [3.8, 4) is 0 Å². The monoisotopic (exact) mass is 257 g/mol. The van der Waals surface area contributed by atoms with Crippen LogP contribution in [0.1, 0.15) is 17.0 Å². The van der Waals surface area contributed by atoms with Crippen LogP contribution in [0.25, 0.3) is 0 Å². The Morgan fingerprint density at radius 1 is 1.06 bits per heavy atom. The van der Waals surface area contributed by atoms with Crippen molar-refractivity contribution in [2.24, 2.45) is 0 Å². The van der Waals surface area contributed by atoms with Crippen molar-refractivity contribution in [2.45, 2.75) is 5.92 Å². The van der Waals surface area contributed by atoms with E-state index in [4.69, 9.17) is 0 Å². The highest BCUT2D eigenvalue weighted by Crippen LogP contribution is 2.28. The van der Waals surface area contributed by atoms with Crippen LogP contribution in [0.15, 0.2) is 67.3 Å². The van der Waals surface area contributed by atoms with Gasteiger partial charge in [0.15, 0.2) is 0 Å². The molecule has 0 aliphatic rings. The topological polar surface area (TPSA) is 37.3 Å². The van der Waals surface area contributed by atoms with E-state index in [0.29, 0.717) is 5.30 Å². The molecule has 0 fully saturated rings. The van der Waals surface area contributed by atoms with E-state index in [-0.39, 0.29) is 5.92 Å². The Balaban J connectivity index is 2.52. The summed E-state index contributed by atoms with van der Waals surface area (Å²) in [6, 6.07) is 17.0. The number of hydrogen-bond donors (Lipinski definition) is 1. The summed E-state index contributed by atoms with van der Waals surface area (Å²) in [5, 5.41) is 0.473. The Morgan fingerprint density at radius 2 is 1.67 bits per heavy atom. The van der Waals surface area contributed by atoms with Gasteiger partial charge in [0.2, 0.25) is 5.30 Å². The quantitative estimate of drug-likeness (QED) is 0.673. The smallest absolute Gasteiger partial charge is 0.156 e. The molecule has 18 heavy (non-hydrogen) atoms. The Labute approximate surface area is 107 Å². The van der Waals surface area contributed by atoms with Crippen molar-refractivity contribution in [1.82, 2.24) is 0 Å². The third-order valence-corrected chi connectivity index (χ3v) is 3.69. The van der Waals surface area contributed by atoms with Crippen LogP contribution in [0.5, 0.6) is 0 Å². The van der Waals surface area contributed by atoms with Gasteiger partial charge in [-0.25, -0.2) is 0 Å². The highest BCUT2D eigenvalue weighted by atomic mass is 31.1. The second-order valence-corrected chi connectivity index (χ2v) is 4.98. The van der Waals surface area contributed by atoms with Crippen molar-refractivity contribution in [1.29, 1.82) is 0 Å². The lowest BCUT2D eigenvalue weighted by Gasteiger charge is -2.12. The fourth-order valence-electron chi connectivity index (χ4n) is 2.03. The summed E-state index contributed by atoms with van der Waals surface area (Å²) in [5.74, 6) is -0.0616. The van der Waals surface area contributed by atoms with E-state index >= 15 is 0 Å². The van der Waals surface area contributed by atoms with E-state index in [2.05, 4.69) is 6.58 Å². The van der Waals surface area contributed by atoms with Crippen LogP contribution in [0.2, 0.25) is 0 Å². The molecule has 2 unspecified atom stereocenters. The molecule has 0 aliphatic heterocycles. The van der Waals surface area contributed by atoms with Gasteiger partial charge in [-0.3, -0.25) is 0 Å². The molecular weight excluding hydrogens is 243 g/mol. The van der Waals surface area contributed by atoms with Crippen LogP contribution in [0.4, 0.5) is 0 Å². The minimum Gasteiger partial charge on any atom is -0.156 e. The maximum atomic E-state index is 11.4. The molecule has 2 aromatic carbocycles. The molecule has 2 nitrogen and oxygen atoms in total. The Morgan fingerprint density at radius 3 is 2.28 bits per heavy atom. The molecule has 0 saturated heterocycles. The molecule has 0 saturated carbocycles. The lowest BCUT2D eigenvalue weighted by molar-refractivity contribution is 0.513. The zero-order valence-electron chi connectivity index (χ0n) is 9.86. The standard InChI is InChI=1S/C15H13O2P/c1-2-13(12-8-4-3-5-9-12)14-10-6-7-11-15(14)18(16)17/h2-11,13H,1H2/p+1. The molecule has 0 heterocycles. The zero-order chi connectivity index (χ0) is 13.0. The maximum absolute atomic E-state index is 11.4. The third-order valence-electron chi connectivity index (χ3n) is 2.87. The van der Waals surface area contributed by atoms with Gasteiger partial charge in [-0.2, -0.15) is 4.89 Å². The minimum absolute atomic E-state index is 0.0616. The molecule has 2 aromatic rings. The number of rotatable bonds is 4. The predicted molar refractivity (Wildman–Crippen MR) is 74.4 cm³/mol. The van der Waals surface area contributed by atoms with Gasteiger partial charge in [-0.15, -0.1) is 6.58 Å². The van der Waals surface area contributed by atoms with Gasteiger partial charge in [0.1, 0.15) is 0 Å². The minimum atomic E-state index is -2.34. The zero-order valence-corrected chi connectivity index (χ0v) is 10.8. The Hall–Kier alpha value is -1.76. The summed E-state index contributed by atoms with van der Waals surface area (Å²) in [5.41, 5.74) is 1.90. The highest BCUT2D eigenvalue weighted by Gasteiger charge is 2.25. The Bertz CT molecular complexity index is 564. The van der Waals surface area contributed by atoms with Crippen molar-refractivity contribution in [3.63, 3.8) is 0 Å². The summed E-state index contributed by atoms with van der Waals surface area (Å²) in [4.78, 5) is 9.37. The molecule has 0 radical (unpaired) electrons. The number of allylic oxidation sites excluding steroid dienone is 1. The molecule has 0 bridgehead atoms. The lowest BCUT2D eigenvalue weighted by atomic mass is 9.91. The second kappa shape index (κ2) is 5.72. The molecule has 0 spiro atoms. The van der Waals surface area contributed by atoms with E-state index < -0.39 is 8.03 Å². The summed E-state index contributed by atoms with van der Waals surface area (Å²) >= 11 is 0. The van der Waals surface area contributed by atoms with Crippen LogP contribution in [0, 0.1) is 0 Å². The van der Waals surface area contributed by atoms with E-state index in [0.717, 1.165) is 11.1 Å². The number of benzene rings is 2. The fourth-order valence-corrected chi connectivity index (χ4v) is 2.68. The van der Waals surface area contributed by atoms with Crippen molar-refractivity contribution < 1.29 is 9.46 Å². The van der Waals surface area contributed by atoms with Crippen LogP contribution in [-0.2, 0) is 4.57 Å². The van der Waals surface area contributed by atoms with E-state index in [1.54, 1.807) is 18.2 Å². The SMILES string of the molecule is C=CC(c1ccccc1)c1ccccc1[P+](=O)O. The van der Waals surface area contributed by atoms with Crippen LogP contribution >= 0.6 is 8.03 Å².